The van der Waals surface area contributed by atoms with Gasteiger partial charge in [0, 0.05) is 10.6 Å². The Morgan fingerprint density at radius 3 is 2.48 bits per heavy atom. The summed E-state index contributed by atoms with van der Waals surface area (Å²) in [5, 5.41) is 11.0. The molecule has 2 N–H and O–H groups in total. The normalized spacial score (nSPS) is 12.0. The predicted octanol–water partition coefficient (Wildman–Crippen LogP) is 5.17. The Balaban J connectivity index is 1.89. The van der Waals surface area contributed by atoms with Gasteiger partial charge in [0.15, 0.2) is 0 Å². The van der Waals surface area contributed by atoms with Crippen LogP contribution in [0.3, 0.4) is 0 Å². The van der Waals surface area contributed by atoms with Crippen LogP contribution in [0.4, 0.5) is 5.69 Å². The molecule has 1 amide bonds. The van der Waals surface area contributed by atoms with Crippen LogP contribution in [-0.2, 0) is 4.79 Å². The summed E-state index contributed by atoms with van der Waals surface area (Å²) in [4.78, 5) is 12.9. The van der Waals surface area contributed by atoms with Gasteiger partial charge in [0.05, 0.1) is 17.3 Å². The fourth-order valence-corrected chi connectivity index (χ4v) is 2.99. The highest BCUT2D eigenvalue weighted by Gasteiger charge is 2.22. The maximum atomic E-state index is 12.9. The molecule has 0 unspecified atom stereocenters. The smallest absolute Gasteiger partial charge is 0.232 e. The molecule has 3 aromatic rings. The first-order valence-corrected chi connectivity index (χ1v) is 8.64. The molecule has 0 bridgehead atoms. The second-order valence-corrected chi connectivity index (χ2v) is 6.38. The van der Waals surface area contributed by atoms with E-state index in [9.17, 15) is 4.79 Å². The summed E-state index contributed by atoms with van der Waals surface area (Å²) in [6, 6.07) is 17.2. The van der Waals surface area contributed by atoms with E-state index in [1.807, 2.05) is 68.4 Å². The highest BCUT2D eigenvalue weighted by Crippen LogP contribution is 2.31. The number of hydrogen-bond acceptors (Lipinski definition) is 2. The zero-order chi connectivity index (χ0) is 17.8. The molecule has 0 aliphatic carbocycles. The molecular weight excluding hydrogens is 334 g/mol. The summed E-state index contributed by atoms with van der Waals surface area (Å²) in [5.74, 6) is -0.234. The Labute approximate surface area is 152 Å². The lowest BCUT2D eigenvalue weighted by Gasteiger charge is -2.16. The number of aromatic amines is 1. The van der Waals surface area contributed by atoms with Crippen molar-refractivity contribution in [1.29, 1.82) is 0 Å². The number of nitrogens with one attached hydrogen (secondary N) is 2. The Kier molecular flexibility index (Phi) is 5.19. The number of benzene rings is 2. The molecule has 0 spiro atoms. The molecule has 3 rings (SSSR count). The van der Waals surface area contributed by atoms with Crippen molar-refractivity contribution in [1.82, 2.24) is 10.2 Å². The van der Waals surface area contributed by atoms with Gasteiger partial charge in [-0.1, -0.05) is 61.0 Å². The van der Waals surface area contributed by atoms with Gasteiger partial charge in [-0.3, -0.25) is 9.89 Å². The van der Waals surface area contributed by atoms with Crippen molar-refractivity contribution < 1.29 is 4.79 Å². The van der Waals surface area contributed by atoms with Gasteiger partial charge in [-0.25, -0.2) is 0 Å². The summed E-state index contributed by atoms with van der Waals surface area (Å²) >= 11 is 5.96. The Hall–Kier alpha value is -2.59. The first-order chi connectivity index (χ1) is 12.1. The standard InChI is InChI=1S/C20H20ClN3O/c1-3-17(14-7-5-4-6-8-14)20(25)22-18-13(2)23-24-19(18)15-9-11-16(21)12-10-15/h4-12,17H,3H2,1-2H3,(H,22,25)(H,23,24)/t17-/m0/s1. The van der Waals surface area contributed by atoms with E-state index in [1.54, 1.807) is 0 Å². The maximum absolute atomic E-state index is 12.9. The minimum atomic E-state index is -0.200. The van der Waals surface area contributed by atoms with Gasteiger partial charge in [0.1, 0.15) is 5.69 Å². The van der Waals surface area contributed by atoms with Gasteiger partial charge in [-0.05, 0) is 31.0 Å². The first kappa shape index (κ1) is 17.2. The third kappa shape index (κ3) is 3.74. The van der Waals surface area contributed by atoms with E-state index in [0.717, 1.165) is 23.2 Å². The number of carbonyl (C=O) groups is 1. The molecule has 1 heterocycles. The fraction of sp³-hybridized carbons (Fsp3) is 0.200. The topological polar surface area (TPSA) is 57.8 Å². The summed E-state index contributed by atoms with van der Waals surface area (Å²) < 4.78 is 0. The molecule has 4 nitrogen and oxygen atoms in total. The molecule has 1 atom stereocenters. The van der Waals surface area contributed by atoms with Crippen LogP contribution in [0.5, 0.6) is 0 Å². The summed E-state index contributed by atoms with van der Waals surface area (Å²) in [5.41, 5.74) is 4.15. The largest absolute Gasteiger partial charge is 0.322 e. The van der Waals surface area contributed by atoms with Crippen molar-refractivity contribution in [3.05, 3.63) is 70.9 Å². The number of H-pyrrole nitrogens is 1. The van der Waals surface area contributed by atoms with Crippen LogP contribution in [0.25, 0.3) is 11.3 Å². The van der Waals surface area contributed by atoms with Crippen molar-refractivity contribution in [2.45, 2.75) is 26.2 Å². The van der Waals surface area contributed by atoms with Crippen LogP contribution in [-0.4, -0.2) is 16.1 Å². The zero-order valence-electron chi connectivity index (χ0n) is 14.2. The molecular formula is C20H20ClN3O. The average Bonchev–Trinajstić information content (AvgIpc) is 2.98. The van der Waals surface area contributed by atoms with Crippen molar-refractivity contribution in [3.8, 4) is 11.3 Å². The molecule has 0 aliphatic heterocycles. The van der Waals surface area contributed by atoms with E-state index < -0.39 is 0 Å². The van der Waals surface area contributed by atoms with Gasteiger partial charge in [0.25, 0.3) is 0 Å². The SMILES string of the molecule is CC[C@H](C(=O)Nc1c(-c2ccc(Cl)cc2)n[nH]c1C)c1ccccc1. The molecule has 0 aliphatic rings. The van der Waals surface area contributed by atoms with E-state index in [0.29, 0.717) is 16.4 Å². The monoisotopic (exact) mass is 353 g/mol. The number of aryl methyl sites for hydroxylation is 1. The van der Waals surface area contributed by atoms with E-state index in [4.69, 9.17) is 11.6 Å². The number of rotatable bonds is 5. The lowest BCUT2D eigenvalue weighted by atomic mass is 9.95. The Bertz CT molecular complexity index is 856. The number of hydrogen-bond donors (Lipinski definition) is 2. The first-order valence-electron chi connectivity index (χ1n) is 8.27. The van der Waals surface area contributed by atoms with Crippen molar-refractivity contribution in [3.63, 3.8) is 0 Å². The Morgan fingerprint density at radius 2 is 1.84 bits per heavy atom. The van der Waals surface area contributed by atoms with E-state index >= 15 is 0 Å². The fourth-order valence-electron chi connectivity index (χ4n) is 2.87. The summed E-state index contributed by atoms with van der Waals surface area (Å²) in [6.45, 7) is 3.91. The predicted molar refractivity (Wildman–Crippen MR) is 102 cm³/mol. The van der Waals surface area contributed by atoms with Crippen molar-refractivity contribution in [2.24, 2.45) is 0 Å². The molecule has 0 fully saturated rings. The van der Waals surface area contributed by atoms with Crippen LogP contribution in [0, 0.1) is 6.92 Å². The lowest BCUT2D eigenvalue weighted by molar-refractivity contribution is -0.117. The summed E-state index contributed by atoms with van der Waals surface area (Å²) in [7, 11) is 0. The van der Waals surface area contributed by atoms with Crippen molar-refractivity contribution in [2.75, 3.05) is 5.32 Å². The molecule has 0 saturated carbocycles. The highest BCUT2D eigenvalue weighted by molar-refractivity contribution is 6.30. The molecule has 128 valence electrons. The van der Waals surface area contributed by atoms with E-state index in [2.05, 4.69) is 15.5 Å². The van der Waals surface area contributed by atoms with E-state index in [1.165, 1.54) is 0 Å². The van der Waals surface area contributed by atoms with Crippen LogP contribution in [0.2, 0.25) is 5.02 Å². The average molecular weight is 354 g/mol. The molecule has 2 aromatic carbocycles. The minimum Gasteiger partial charge on any atom is -0.322 e. The molecule has 0 saturated heterocycles. The summed E-state index contributed by atoms with van der Waals surface area (Å²) in [6.07, 6.45) is 0.725. The number of aromatic nitrogens is 2. The van der Waals surface area contributed by atoms with Crippen molar-refractivity contribution >= 4 is 23.2 Å². The van der Waals surface area contributed by atoms with Gasteiger partial charge in [-0.15, -0.1) is 0 Å². The quantitative estimate of drug-likeness (QED) is 0.664. The molecule has 1 aromatic heterocycles. The second-order valence-electron chi connectivity index (χ2n) is 5.94. The van der Waals surface area contributed by atoms with E-state index in [-0.39, 0.29) is 11.8 Å². The number of nitrogens with zero attached hydrogens (tertiary/aromatic N) is 1. The Morgan fingerprint density at radius 1 is 1.16 bits per heavy atom. The third-order valence-electron chi connectivity index (χ3n) is 4.24. The van der Waals surface area contributed by atoms with Crippen LogP contribution in [0.1, 0.15) is 30.5 Å². The van der Waals surface area contributed by atoms with Crippen LogP contribution in [0.15, 0.2) is 54.6 Å². The number of carbonyl (C=O) groups excluding carboxylic acids is 1. The van der Waals surface area contributed by atoms with Crippen LogP contribution < -0.4 is 5.32 Å². The van der Waals surface area contributed by atoms with Crippen LogP contribution >= 0.6 is 11.6 Å². The lowest BCUT2D eigenvalue weighted by Crippen LogP contribution is -2.21. The number of halogens is 1. The molecule has 5 heteroatoms. The van der Waals surface area contributed by atoms with Gasteiger partial charge >= 0.3 is 0 Å². The van der Waals surface area contributed by atoms with Gasteiger partial charge in [-0.2, -0.15) is 5.10 Å². The highest BCUT2D eigenvalue weighted by atomic mass is 35.5. The molecule has 0 radical (unpaired) electrons. The molecule has 25 heavy (non-hydrogen) atoms. The third-order valence-corrected chi connectivity index (χ3v) is 4.49. The van der Waals surface area contributed by atoms with Gasteiger partial charge < -0.3 is 5.32 Å². The minimum absolute atomic E-state index is 0.0339. The number of anilines is 1. The zero-order valence-corrected chi connectivity index (χ0v) is 15.0. The second kappa shape index (κ2) is 7.53. The van der Waals surface area contributed by atoms with Gasteiger partial charge in [0.2, 0.25) is 5.91 Å². The number of amides is 1. The maximum Gasteiger partial charge on any atom is 0.232 e.